The number of hydrogen-bond acceptors (Lipinski definition) is 6. The van der Waals surface area contributed by atoms with E-state index in [4.69, 9.17) is 33.7 Å². The van der Waals surface area contributed by atoms with E-state index in [1.807, 2.05) is 0 Å². The zero-order valence-corrected chi connectivity index (χ0v) is 16.8. The van der Waals surface area contributed by atoms with E-state index in [0.29, 0.717) is 26.2 Å². The Balaban J connectivity index is 2.41. The Morgan fingerprint density at radius 1 is 1.31 bits per heavy atom. The van der Waals surface area contributed by atoms with Crippen molar-refractivity contribution in [3.8, 4) is 5.75 Å². The monoisotopic (exact) mass is 417 g/mol. The first-order chi connectivity index (χ1) is 12.1. The lowest BCUT2D eigenvalue weighted by Crippen LogP contribution is -2.25. The van der Waals surface area contributed by atoms with Crippen LogP contribution in [-0.4, -0.2) is 34.9 Å². The molecule has 0 fully saturated rings. The van der Waals surface area contributed by atoms with Gasteiger partial charge in [0.1, 0.15) is 10.8 Å². The molecule has 0 spiro atoms. The van der Waals surface area contributed by atoms with E-state index in [2.05, 4.69) is 9.84 Å². The number of aromatic nitrogens is 2. The minimum Gasteiger partial charge on any atom is -0.477 e. The number of amides is 1. The van der Waals surface area contributed by atoms with E-state index in [1.165, 1.54) is 24.9 Å². The van der Waals surface area contributed by atoms with Gasteiger partial charge in [-0.15, -0.1) is 0 Å². The summed E-state index contributed by atoms with van der Waals surface area (Å²) in [6.45, 7) is 3.24. The number of methoxy groups -OCH3 is 1. The van der Waals surface area contributed by atoms with Crippen molar-refractivity contribution in [1.82, 2.24) is 9.78 Å². The van der Waals surface area contributed by atoms with Gasteiger partial charge in [-0.1, -0.05) is 35.0 Å². The summed E-state index contributed by atoms with van der Waals surface area (Å²) in [7, 11) is 2.96. The van der Waals surface area contributed by atoms with Crippen molar-refractivity contribution < 1.29 is 19.1 Å². The van der Waals surface area contributed by atoms with Gasteiger partial charge in [-0.05, 0) is 26.0 Å². The lowest BCUT2D eigenvalue weighted by Gasteiger charge is -2.15. The standard InChI is InChI=1S/C16H17Cl2N3O4S/c1-7-13(14(19)22)15(21(3)20-7)26-12-6-11(9(17)5-10(12)18)25-8(2)16(23)24-4/h5-6,8H,1-4H3,(H2,19,22)/t8-/m0/s1. The summed E-state index contributed by atoms with van der Waals surface area (Å²) in [4.78, 5) is 23.8. The van der Waals surface area contributed by atoms with Crippen LogP contribution in [0.5, 0.6) is 5.75 Å². The molecule has 0 unspecified atom stereocenters. The highest BCUT2D eigenvalue weighted by Crippen LogP contribution is 2.41. The van der Waals surface area contributed by atoms with Crippen molar-refractivity contribution in [2.45, 2.75) is 29.9 Å². The van der Waals surface area contributed by atoms with Gasteiger partial charge in [0, 0.05) is 11.9 Å². The largest absolute Gasteiger partial charge is 0.477 e. The quantitative estimate of drug-likeness (QED) is 0.724. The zero-order chi connectivity index (χ0) is 19.6. The lowest BCUT2D eigenvalue weighted by atomic mass is 10.2. The molecule has 1 atom stereocenters. The molecule has 1 aromatic carbocycles. The highest BCUT2D eigenvalue weighted by atomic mass is 35.5. The highest BCUT2D eigenvalue weighted by Gasteiger charge is 2.22. The van der Waals surface area contributed by atoms with Crippen LogP contribution in [0.4, 0.5) is 0 Å². The van der Waals surface area contributed by atoms with Crippen LogP contribution in [0.2, 0.25) is 10.0 Å². The van der Waals surface area contributed by atoms with E-state index in [0.717, 1.165) is 0 Å². The fourth-order valence-corrected chi connectivity index (χ4v) is 3.82. The average Bonchev–Trinajstić information content (AvgIpc) is 2.84. The molecule has 1 aromatic heterocycles. The van der Waals surface area contributed by atoms with Gasteiger partial charge in [0.25, 0.3) is 5.91 Å². The Kier molecular flexibility index (Phi) is 6.44. The summed E-state index contributed by atoms with van der Waals surface area (Å²) < 4.78 is 11.7. The Bertz CT molecular complexity index is 870. The maximum absolute atomic E-state index is 11.7. The summed E-state index contributed by atoms with van der Waals surface area (Å²) in [6.07, 6.45) is -0.850. The summed E-state index contributed by atoms with van der Waals surface area (Å²) in [5.41, 5.74) is 6.28. The predicted molar refractivity (Wildman–Crippen MR) is 99.2 cm³/mol. The maximum Gasteiger partial charge on any atom is 0.346 e. The summed E-state index contributed by atoms with van der Waals surface area (Å²) in [6, 6.07) is 3.08. The van der Waals surface area contributed by atoms with E-state index in [1.54, 1.807) is 31.6 Å². The topological polar surface area (TPSA) is 96.4 Å². The van der Waals surface area contributed by atoms with Gasteiger partial charge < -0.3 is 15.2 Å². The van der Waals surface area contributed by atoms with Crippen LogP contribution in [-0.2, 0) is 16.6 Å². The van der Waals surface area contributed by atoms with Gasteiger partial charge in [0.2, 0.25) is 0 Å². The Morgan fingerprint density at radius 3 is 2.54 bits per heavy atom. The molecule has 140 valence electrons. The molecule has 0 aliphatic rings. The number of hydrogen-bond donors (Lipinski definition) is 1. The van der Waals surface area contributed by atoms with Crippen molar-refractivity contribution in [2.24, 2.45) is 12.8 Å². The minimum absolute atomic E-state index is 0.242. The molecule has 0 bridgehead atoms. The van der Waals surface area contributed by atoms with Crippen LogP contribution in [0.1, 0.15) is 23.0 Å². The van der Waals surface area contributed by atoms with E-state index in [9.17, 15) is 9.59 Å². The van der Waals surface area contributed by atoms with Crippen molar-refractivity contribution in [2.75, 3.05) is 7.11 Å². The molecule has 7 nitrogen and oxygen atoms in total. The van der Waals surface area contributed by atoms with Gasteiger partial charge in [0.05, 0.1) is 28.4 Å². The Morgan fingerprint density at radius 2 is 1.96 bits per heavy atom. The number of nitrogens with two attached hydrogens (primary N) is 1. The second kappa shape index (κ2) is 8.20. The number of benzene rings is 1. The number of aryl methyl sites for hydroxylation is 2. The van der Waals surface area contributed by atoms with Gasteiger partial charge in [0.15, 0.2) is 6.10 Å². The molecule has 2 aromatic rings. The molecule has 26 heavy (non-hydrogen) atoms. The van der Waals surface area contributed by atoms with E-state index < -0.39 is 18.0 Å². The van der Waals surface area contributed by atoms with Crippen LogP contribution < -0.4 is 10.5 Å². The molecule has 0 radical (unpaired) electrons. The molecule has 10 heteroatoms. The van der Waals surface area contributed by atoms with Crippen LogP contribution in [0.15, 0.2) is 22.1 Å². The minimum atomic E-state index is -0.850. The van der Waals surface area contributed by atoms with Crippen molar-refractivity contribution in [1.29, 1.82) is 0 Å². The fourth-order valence-electron chi connectivity index (χ4n) is 2.23. The molecule has 1 amide bonds. The van der Waals surface area contributed by atoms with Gasteiger partial charge in [-0.2, -0.15) is 5.10 Å². The van der Waals surface area contributed by atoms with Crippen molar-refractivity contribution in [3.05, 3.63) is 33.4 Å². The first kappa shape index (κ1) is 20.4. The molecule has 0 saturated heterocycles. The molecule has 2 N–H and O–H groups in total. The molecule has 1 heterocycles. The Hall–Kier alpha value is -1.90. The SMILES string of the molecule is COC(=O)[C@H](C)Oc1cc(Sc2c(C(N)=O)c(C)nn2C)c(Cl)cc1Cl. The second-order valence-electron chi connectivity index (χ2n) is 5.35. The number of esters is 1. The van der Waals surface area contributed by atoms with Gasteiger partial charge in [-0.3, -0.25) is 9.48 Å². The van der Waals surface area contributed by atoms with Crippen molar-refractivity contribution >= 4 is 46.8 Å². The first-order valence-corrected chi connectivity index (χ1v) is 8.97. The maximum atomic E-state index is 11.7. The van der Waals surface area contributed by atoms with Gasteiger partial charge in [-0.25, -0.2) is 4.79 Å². The smallest absolute Gasteiger partial charge is 0.346 e. The number of nitrogens with zero attached hydrogens (tertiary/aromatic N) is 2. The number of rotatable bonds is 6. The highest BCUT2D eigenvalue weighted by molar-refractivity contribution is 7.99. The zero-order valence-electron chi connectivity index (χ0n) is 14.5. The third kappa shape index (κ3) is 4.25. The second-order valence-corrected chi connectivity index (χ2v) is 7.20. The summed E-state index contributed by atoms with van der Waals surface area (Å²) in [5.74, 6) is -0.863. The Labute approximate surface area is 164 Å². The van der Waals surface area contributed by atoms with Crippen LogP contribution in [0, 0.1) is 6.92 Å². The summed E-state index contributed by atoms with van der Waals surface area (Å²) in [5, 5.41) is 5.34. The number of carbonyl (C=O) groups excluding carboxylic acids is 2. The van der Waals surface area contributed by atoms with Crippen LogP contribution in [0.3, 0.4) is 0 Å². The predicted octanol–water partition coefficient (Wildman–Crippen LogP) is 3.23. The molecule has 0 aliphatic carbocycles. The van der Waals surface area contributed by atoms with Crippen LogP contribution >= 0.6 is 35.0 Å². The normalized spacial score (nSPS) is 11.9. The fraction of sp³-hybridized carbons (Fsp3) is 0.312. The lowest BCUT2D eigenvalue weighted by molar-refractivity contribution is -0.147. The number of ether oxygens (including phenoxy) is 2. The molecule has 2 rings (SSSR count). The van der Waals surface area contributed by atoms with E-state index in [-0.39, 0.29) is 10.8 Å². The molecular weight excluding hydrogens is 401 g/mol. The number of carbonyl (C=O) groups is 2. The van der Waals surface area contributed by atoms with E-state index >= 15 is 0 Å². The number of halogens is 2. The first-order valence-electron chi connectivity index (χ1n) is 7.40. The number of primary amides is 1. The molecule has 0 saturated carbocycles. The third-order valence-corrected chi connectivity index (χ3v) is 5.39. The third-order valence-electron chi connectivity index (χ3n) is 3.45. The van der Waals surface area contributed by atoms with Gasteiger partial charge >= 0.3 is 5.97 Å². The average molecular weight is 418 g/mol. The summed E-state index contributed by atoms with van der Waals surface area (Å²) >= 11 is 13.6. The van der Waals surface area contributed by atoms with Crippen LogP contribution in [0.25, 0.3) is 0 Å². The molecule has 0 aliphatic heterocycles. The van der Waals surface area contributed by atoms with Crippen molar-refractivity contribution in [3.63, 3.8) is 0 Å². The molecular formula is C16H17Cl2N3O4S.